The first kappa shape index (κ1) is 13.8. The first-order valence-corrected chi connectivity index (χ1v) is 7.19. The Morgan fingerprint density at radius 2 is 2.26 bits per heavy atom. The molecule has 1 fully saturated rings. The van der Waals surface area contributed by atoms with Gasteiger partial charge in [-0.3, -0.25) is 4.79 Å². The lowest BCUT2D eigenvalue weighted by molar-refractivity contribution is -0.139. The van der Waals surface area contributed by atoms with Gasteiger partial charge in [0.05, 0.1) is 23.2 Å². The molecule has 0 radical (unpaired) electrons. The summed E-state index contributed by atoms with van der Waals surface area (Å²) < 4.78 is 0. The minimum Gasteiger partial charge on any atom is -0.481 e. The van der Waals surface area contributed by atoms with E-state index in [1.807, 2.05) is 5.38 Å². The summed E-state index contributed by atoms with van der Waals surface area (Å²) >= 11 is 1.52. The fraction of sp³-hybridized carbons (Fsp3) is 0.583. The normalized spacial score (nSPS) is 16.4. The Morgan fingerprint density at radius 1 is 1.47 bits per heavy atom. The van der Waals surface area contributed by atoms with Gasteiger partial charge >= 0.3 is 12.0 Å². The van der Waals surface area contributed by atoms with Gasteiger partial charge in [-0.1, -0.05) is 0 Å². The molecular formula is C12H17N3O3S. The molecule has 1 aromatic heterocycles. The monoisotopic (exact) mass is 283 g/mol. The van der Waals surface area contributed by atoms with Crippen LogP contribution in [0.3, 0.4) is 0 Å². The van der Waals surface area contributed by atoms with Gasteiger partial charge in [-0.25, -0.2) is 9.78 Å². The lowest BCUT2D eigenvalue weighted by Crippen LogP contribution is -2.57. The van der Waals surface area contributed by atoms with Crippen molar-refractivity contribution in [2.75, 3.05) is 6.54 Å². The third-order valence-electron chi connectivity index (χ3n) is 3.33. The van der Waals surface area contributed by atoms with Crippen LogP contribution >= 0.6 is 11.3 Å². The Morgan fingerprint density at radius 3 is 2.79 bits per heavy atom. The minimum absolute atomic E-state index is 0.00743. The number of amides is 2. The minimum atomic E-state index is -0.873. The van der Waals surface area contributed by atoms with Crippen molar-refractivity contribution in [3.8, 4) is 0 Å². The Kier molecular flexibility index (Phi) is 4.36. The summed E-state index contributed by atoms with van der Waals surface area (Å²) in [4.78, 5) is 26.6. The van der Waals surface area contributed by atoms with Gasteiger partial charge in [-0.05, 0) is 19.3 Å². The molecule has 1 aliphatic carbocycles. The molecule has 19 heavy (non-hydrogen) atoms. The van der Waals surface area contributed by atoms with Gasteiger partial charge in [0.25, 0.3) is 0 Å². The van der Waals surface area contributed by atoms with Crippen molar-refractivity contribution in [2.24, 2.45) is 0 Å². The van der Waals surface area contributed by atoms with Crippen LogP contribution in [0.5, 0.6) is 0 Å². The molecule has 0 spiro atoms. The van der Waals surface area contributed by atoms with Crippen LogP contribution in [-0.4, -0.2) is 34.2 Å². The number of aliphatic carboxylic acids is 1. The predicted molar refractivity (Wildman–Crippen MR) is 71.2 cm³/mol. The van der Waals surface area contributed by atoms with Crippen molar-refractivity contribution in [3.63, 3.8) is 0 Å². The smallest absolute Gasteiger partial charge is 0.315 e. The summed E-state index contributed by atoms with van der Waals surface area (Å²) in [5.74, 6) is -0.873. The third-order valence-corrected chi connectivity index (χ3v) is 3.96. The Balaban J connectivity index is 1.72. The Hall–Kier alpha value is -1.63. The molecule has 0 saturated heterocycles. The number of rotatable bonds is 6. The van der Waals surface area contributed by atoms with Crippen LogP contribution in [0.1, 0.15) is 31.4 Å². The van der Waals surface area contributed by atoms with Gasteiger partial charge in [0, 0.05) is 18.3 Å². The van der Waals surface area contributed by atoms with E-state index >= 15 is 0 Å². The van der Waals surface area contributed by atoms with E-state index in [0.29, 0.717) is 13.0 Å². The molecule has 0 bridgehead atoms. The number of nitrogens with zero attached hydrogens (tertiary/aromatic N) is 1. The number of hydrogen-bond acceptors (Lipinski definition) is 4. The zero-order valence-electron chi connectivity index (χ0n) is 10.5. The molecule has 7 heteroatoms. The maximum Gasteiger partial charge on any atom is 0.315 e. The molecule has 1 saturated carbocycles. The molecule has 3 N–H and O–H groups in total. The quantitative estimate of drug-likeness (QED) is 0.735. The van der Waals surface area contributed by atoms with Gasteiger partial charge in [0.1, 0.15) is 0 Å². The summed E-state index contributed by atoms with van der Waals surface area (Å²) in [7, 11) is 0. The number of nitrogens with one attached hydrogen (secondary N) is 2. The number of carboxylic acids is 1. The highest BCUT2D eigenvalue weighted by atomic mass is 32.1. The van der Waals surface area contributed by atoms with Crippen LogP contribution in [0.25, 0.3) is 0 Å². The van der Waals surface area contributed by atoms with Gasteiger partial charge in [-0.2, -0.15) is 0 Å². The van der Waals surface area contributed by atoms with Gasteiger partial charge in [-0.15, -0.1) is 11.3 Å². The molecular weight excluding hydrogens is 266 g/mol. The molecule has 104 valence electrons. The van der Waals surface area contributed by atoms with Crippen LogP contribution < -0.4 is 10.6 Å². The van der Waals surface area contributed by atoms with Crippen molar-refractivity contribution in [1.82, 2.24) is 15.6 Å². The van der Waals surface area contributed by atoms with E-state index in [-0.39, 0.29) is 12.5 Å². The van der Waals surface area contributed by atoms with E-state index in [1.165, 1.54) is 11.3 Å². The highest BCUT2D eigenvalue weighted by molar-refractivity contribution is 7.07. The first-order chi connectivity index (χ1) is 9.10. The van der Waals surface area contributed by atoms with Crippen LogP contribution in [-0.2, 0) is 11.2 Å². The second-order valence-electron chi connectivity index (χ2n) is 4.82. The molecule has 6 nitrogen and oxygen atoms in total. The van der Waals surface area contributed by atoms with Gasteiger partial charge in [0.2, 0.25) is 0 Å². The van der Waals surface area contributed by atoms with Crippen molar-refractivity contribution in [3.05, 3.63) is 16.6 Å². The lowest BCUT2D eigenvalue weighted by atomic mass is 9.74. The van der Waals surface area contributed by atoms with Crippen molar-refractivity contribution < 1.29 is 14.7 Å². The summed E-state index contributed by atoms with van der Waals surface area (Å²) in [5.41, 5.74) is 2.16. The second kappa shape index (κ2) is 6.01. The molecule has 0 unspecified atom stereocenters. The summed E-state index contributed by atoms with van der Waals surface area (Å²) in [6.45, 7) is 0.499. The maximum absolute atomic E-state index is 11.7. The number of urea groups is 1. The topological polar surface area (TPSA) is 91.3 Å². The van der Waals surface area contributed by atoms with Gasteiger partial charge < -0.3 is 15.7 Å². The summed E-state index contributed by atoms with van der Waals surface area (Å²) in [6.07, 6.45) is 3.11. The maximum atomic E-state index is 11.7. The molecule has 0 atom stereocenters. The standard InChI is InChI=1S/C12H17N3O3S/c16-10(17)6-12(3-1-4-12)15-11(18)13-5-2-9-7-19-8-14-9/h7-8H,1-6H2,(H,16,17)(H2,13,15,18). The number of carbonyl (C=O) groups is 2. The van der Waals surface area contributed by atoms with Crippen LogP contribution in [0, 0.1) is 0 Å². The van der Waals surface area contributed by atoms with Crippen LogP contribution in [0.4, 0.5) is 4.79 Å². The zero-order valence-corrected chi connectivity index (χ0v) is 11.3. The van der Waals surface area contributed by atoms with Crippen molar-refractivity contribution in [1.29, 1.82) is 0 Å². The number of hydrogen-bond donors (Lipinski definition) is 3. The number of carboxylic acid groups (broad SMARTS) is 1. The molecule has 0 aromatic carbocycles. The molecule has 0 aliphatic heterocycles. The summed E-state index contributed by atoms with van der Waals surface area (Å²) in [6, 6.07) is -0.295. The van der Waals surface area contributed by atoms with Crippen molar-refractivity contribution >= 4 is 23.3 Å². The Bertz CT molecular complexity index is 443. The predicted octanol–water partition coefficient (Wildman–Crippen LogP) is 1.38. The number of aromatic nitrogens is 1. The number of thiazole rings is 1. The van der Waals surface area contributed by atoms with E-state index in [1.54, 1.807) is 5.51 Å². The molecule has 2 amide bonds. The van der Waals surface area contributed by atoms with Gasteiger partial charge in [0.15, 0.2) is 0 Å². The molecule has 1 aromatic rings. The average molecular weight is 283 g/mol. The largest absolute Gasteiger partial charge is 0.481 e. The summed E-state index contributed by atoms with van der Waals surface area (Å²) in [5, 5.41) is 16.3. The first-order valence-electron chi connectivity index (χ1n) is 6.25. The molecule has 2 rings (SSSR count). The van der Waals surface area contributed by atoms with Crippen LogP contribution in [0.15, 0.2) is 10.9 Å². The SMILES string of the molecule is O=C(O)CC1(NC(=O)NCCc2cscn2)CCC1. The van der Waals surface area contributed by atoms with E-state index in [0.717, 1.165) is 25.0 Å². The highest BCUT2D eigenvalue weighted by Gasteiger charge is 2.40. The zero-order chi connectivity index (χ0) is 13.7. The Labute approximate surface area is 115 Å². The van der Waals surface area contributed by atoms with E-state index in [4.69, 9.17) is 5.11 Å². The van der Waals surface area contributed by atoms with E-state index in [2.05, 4.69) is 15.6 Å². The lowest BCUT2D eigenvalue weighted by Gasteiger charge is -2.41. The fourth-order valence-corrected chi connectivity index (χ4v) is 2.78. The van der Waals surface area contributed by atoms with E-state index in [9.17, 15) is 9.59 Å². The second-order valence-corrected chi connectivity index (χ2v) is 5.53. The average Bonchev–Trinajstić information content (AvgIpc) is 2.78. The molecule has 1 heterocycles. The fourth-order valence-electron chi connectivity index (χ4n) is 2.19. The number of carbonyl (C=O) groups excluding carboxylic acids is 1. The highest BCUT2D eigenvalue weighted by Crippen LogP contribution is 2.34. The van der Waals surface area contributed by atoms with Crippen LogP contribution in [0.2, 0.25) is 0 Å². The molecule has 1 aliphatic rings. The van der Waals surface area contributed by atoms with Crippen molar-refractivity contribution in [2.45, 2.75) is 37.6 Å². The third kappa shape index (κ3) is 3.92. The van der Waals surface area contributed by atoms with E-state index < -0.39 is 11.5 Å².